The molecule has 1 aliphatic carbocycles. The van der Waals surface area contributed by atoms with Crippen molar-refractivity contribution >= 4 is 5.91 Å². The lowest BCUT2D eigenvalue weighted by molar-refractivity contribution is -0.130. The second kappa shape index (κ2) is 5.10. The van der Waals surface area contributed by atoms with Crippen LogP contribution in [0, 0.1) is 0 Å². The number of carbonyl (C=O) groups is 1. The third-order valence-corrected chi connectivity index (χ3v) is 3.64. The highest BCUT2D eigenvalue weighted by atomic mass is 16.2. The Balaban J connectivity index is 2.10. The van der Waals surface area contributed by atoms with Gasteiger partial charge in [0.1, 0.15) is 0 Å². The topological polar surface area (TPSA) is 50.2 Å². The average Bonchev–Trinajstić information content (AvgIpc) is 2.71. The number of fused-ring (bicyclic) bond motifs is 1. The molecular formula is C13H22N4O. The van der Waals surface area contributed by atoms with Gasteiger partial charge in [-0.15, -0.1) is 0 Å². The Morgan fingerprint density at radius 2 is 2.33 bits per heavy atom. The van der Waals surface area contributed by atoms with E-state index in [2.05, 4.69) is 10.4 Å². The standard InChI is InChI=1S/C13H22N4O/c1-9(13(18)16(2)3)15-11-6-5-7-12-10(11)8-14-17(12)4/h8-9,11,15H,5-7H2,1-4H3. The van der Waals surface area contributed by atoms with Crippen molar-refractivity contribution in [3.05, 3.63) is 17.5 Å². The van der Waals surface area contributed by atoms with E-state index in [1.165, 1.54) is 11.3 Å². The van der Waals surface area contributed by atoms with Gasteiger partial charge >= 0.3 is 0 Å². The van der Waals surface area contributed by atoms with Crippen molar-refractivity contribution < 1.29 is 4.79 Å². The van der Waals surface area contributed by atoms with Crippen molar-refractivity contribution in [1.82, 2.24) is 20.0 Å². The number of nitrogens with zero attached hydrogens (tertiary/aromatic N) is 3. The van der Waals surface area contributed by atoms with E-state index >= 15 is 0 Å². The van der Waals surface area contributed by atoms with Gasteiger partial charge in [0.25, 0.3) is 0 Å². The van der Waals surface area contributed by atoms with Gasteiger partial charge in [-0.3, -0.25) is 14.8 Å². The normalized spacial score (nSPS) is 20.3. The van der Waals surface area contributed by atoms with E-state index in [0.29, 0.717) is 0 Å². The smallest absolute Gasteiger partial charge is 0.238 e. The lowest BCUT2D eigenvalue weighted by atomic mass is 9.92. The molecule has 1 amide bonds. The Kier molecular flexibility index (Phi) is 3.71. The average molecular weight is 250 g/mol. The molecule has 1 heterocycles. The predicted octanol–water partition coefficient (Wildman–Crippen LogP) is 0.864. The molecule has 0 radical (unpaired) electrons. The molecule has 0 spiro atoms. The molecule has 0 saturated heterocycles. The lowest BCUT2D eigenvalue weighted by Gasteiger charge is -2.27. The zero-order valence-corrected chi connectivity index (χ0v) is 11.6. The summed E-state index contributed by atoms with van der Waals surface area (Å²) in [6.07, 6.45) is 5.23. The molecule has 1 N–H and O–H groups in total. The maximum absolute atomic E-state index is 11.9. The van der Waals surface area contributed by atoms with Crippen LogP contribution >= 0.6 is 0 Å². The molecule has 2 rings (SSSR count). The van der Waals surface area contributed by atoms with Crippen molar-refractivity contribution in [2.24, 2.45) is 7.05 Å². The van der Waals surface area contributed by atoms with Crippen LogP contribution in [0.3, 0.4) is 0 Å². The molecule has 0 aliphatic heterocycles. The van der Waals surface area contributed by atoms with Crippen LogP contribution in [0.2, 0.25) is 0 Å². The number of aryl methyl sites for hydroxylation is 1. The number of likely N-dealkylation sites (N-methyl/N-ethyl adjacent to an activating group) is 1. The van der Waals surface area contributed by atoms with Crippen LogP contribution in [-0.4, -0.2) is 40.7 Å². The SMILES string of the molecule is CC(NC1CCCc2c1cnn2C)C(=O)N(C)C. The molecule has 5 heteroatoms. The largest absolute Gasteiger partial charge is 0.347 e. The van der Waals surface area contributed by atoms with Gasteiger partial charge in [0.2, 0.25) is 5.91 Å². The molecule has 1 aromatic rings. The summed E-state index contributed by atoms with van der Waals surface area (Å²) in [5, 5.41) is 7.74. The third-order valence-electron chi connectivity index (χ3n) is 3.64. The first-order valence-electron chi connectivity index (χ1n) is 6.48. The van der Waals surface area contributed by atoms with Crippen molar-refractivity contribution in [2.45, 2.75) is 38.3 Å². The summed E-state index contributed by atoms with van der Waals surface area (Å²) >= 11 is 0. The Hall–Kier alpha value is -1.36. The molecule has 100 valence electrons. The van der Waals surface area contributed by atoms with Gasteiger partial charge < -0.3 is 4.90 Å². The minimum Gasteiger partial charge on any atom is -0.347 e. The van der Waals surface area contributed by atoms with Gasteiger partial charge in [-0.1, -0.05) is 0 Å². The predicted molar refractivity (Wildman–Crippen MR) is 70.2 cm³/mol. The molecule has 5 nitrogen and oxygen atoms in total. The zero-order chi connectivity index (χ0) is 13.3. The summed E-state index contributed by atoms with van der Waals surface area (Å²) in [7, 11) is 5.56. The van der Waals surface area contributed by atoms with E-state index in [-0.39, 0.29) is 18.0 Å². The minimum absolute atomic E-state index is 0.117. The number of hydrogen-bond acceptors (Lipinski definition) is 3. The highest BCUT2D eigenvalue weighted by molar-refractivity contribution is 5.80. The van der Waals surface area contributed by atoms with Crippen LogP contribution in [0.5, 0.6) is 0 Å². The first kappa shape index (κ1) is 13.1. The summed E-state index contributed by atoms with van der Waals surface area (Å²) < 4.78 is 1.95. The van der Waals surface area contributed by atoms with Crippen molar-refractivity contribution in [2.75, 3.05) is 14.1 Å². The van der Waals surface area contributed by atoms with Crippen molar-refractivity contribution in [1.29, 1.82) is 0 Å². The quantitative estimate of drug-likeness (QED) is 0.866. The lowest BCUT2D eigenvalue weighted by Crippen LogP contribution is -2.43. The molecule has 0 bridgehead atoms. The second-order valence-electron chi connectivity index (χ2n) is 5.24. The van der Waals surface area contributed by atoms with E-state index < -0.39 is 0 Å². The monoisotopic (exact) mass is 250 g/mol. The van der Waals surface area contributed by atoms with Crippen molar-refractivity contribution in [3.8, 4) is 0 Å². The second-order valence-corrected chi connectivity index (χ2v) is 5.24. The van der Waals surface area contributed by atoms with Crippen LogP contribution in [0.25, 0.3) is 0 Å². The molecule has 1 aliphatic rings. The van der Waals surface area contributed by atoms with Gasteiger partial charge in [-0.25, -0.2) is 0 Å². The molecule has 0 aromatic carbocycles. The minimum atomic E-state index is -0.156. The maximum atomic E-state index is 11.9. The van der Waals surface area contributed by atoms with Gasteiger partial charge in [0.05, 0.1) is 12.2 Å². The van der Waals surface area contributed by atoms with Crippen LogP contribution in [0.1, 0.15) is 37.1 Å². The molecular weight excluding hydrogens is 228 g/mol. The summed E-state index contributed by atoms with van der Waals surface area (Å²) in [4.78, 5) is 13.5. The fraction of sp³-hybridized carbons (Fsp3) is 0.692. The Bertz CT molecular complexity index is 438. The Morgan fingerprint density at radius 3 is 3.00 bits per heavy atom. The molecule has 0 fully saturated rings. The van der Waals surface area contributed by atoms with Crippen LogP contribution in [0.15, 0.2) is 6.20 Å². The molecule has 2 unspecified atom stereocenters. The highest BCUT2D eigenvalue weighted by Gasteiger charge is 2.26. The maximum Gasteiger partial charge on any atom is 0.238 e. The molecule has 1 aromatic heterocycles. The number of nitrogens with one attached hydrogen (secondary N) is 1. The van der Waals surface area contributed by atoms with E-state index in [1.807, 2.05) is 24.9 Å². The highest BCUT2D eigenvalue weighted by Crippen LogP contribution is 2.29. The van der Waals surface area contributed by atoms with Gasteiger partial charge in [-0.2, -0.15) is 5.10 Å². The van der Waals surface area contributed by atoms with E-state index in [1.54, 1.807) is 19.0 Å². The van der Waals surface area contributed by atoms with Crippen LogP contribution in [-0.2, 0) is 18.3 Å². The first-order valence-corrected chi connectivity index (χ1v) is 6.48. The number of carbonyl (C=O) groups excluding carboxylic acids is 1. The number of aromatic nitrogens is 2. The molecule has 18 heavy (non-hydrogen) atoms. The van der Waals surface area contributed by atoms with Crippen LogP contribution in [0.4, 0.5) is 0 Å². The Labute approximate surface area is 108 Å². The van der Waals surface area contributed by atoms with Gasteiger partial charge in [0.15, 0.2) is 0 Å². The number of hydrogen-bond donors (Lipinski definition) is 1. The fourth-order valence-electron chi connectivity index (χ4n) is 2.64. The van der Waals surface area contributed by atoms with Gasteiger partial charge in [-0.05, 0) is 26.2 Å². The number of rotatable bonds is 3. The zero-order valence-electron chi connectivity index (χ0n) is 11.6. The first-order chi connectivity index (χ1) is 8.50. The summed E-state index contributed by atoms with van der Waals surface area (Å²) in [6.45, 7) is 1.92. The fourth-order valence-corrected chi connectivity index (χ4v) is 2.64. The van der Waals surface area contributed by atoms with Crippen molar-refractivity contribution in [3.63, 3.8) is 0 Å². The molecule has 0 saturated carbocycles. The van der Waals surface area contributed by atoms with Gasteiger partial charge in [0, 0.05) is 38.4 Å². The van der Waals surface area contributed by atoms with E-state index in [0.717, 1.165) is 19.3 Å². The summed E-state index contributed by atoms with van der Waals surface area (Å²) in [5.74, 6) is 0.117. The number of amides is 1. The van der Waals surface area contributed by atoms with E-state index in [4.69, 9.17) is 0 Å². The molecule has 2 atom stereocenters. The summed E-state index contributed by atoms with van der Waals surface area (Å²) in [6, 6.07) is 0.0949. The summed E-state index contributed by atoms with van der Waals surface area (Å²) in [5.41, 5.74) is 2.55. The Morgan fingerprint density at radius 1 is 1.61 bits per heavy atom. The van der Waals surface area contributed by atoms with E-state index in [9.17, 15) is 4.79 Å². The third kappa shape index (κ3) is 2.41. The van der Waals surface area contributed by atoms with Crippen LogP contribution < -0.4 is 5.32 Å².